The van der Waals surface area contributed by atoms with E-state index in [2.05, 4.69) is 5.10 Å². The fourth-order valence-electron chi connectivity index (χ4n) is 3.07. The predicted octanol–water partition coefficient (Wildman–Crippen LogP) is 2.23. The van der Waals surface area contributed by atoms with Gasteiger partial charge in [0.2, 0.25) is 5.91 Å². The number of carbonyl (C=O) groups is 2. The van der Waals surface area contributed by atoms with E-state index < -0.39 is 0 Å². The van der Waals surface area contributed by atoms with Gasteiger partial charge in [0.05, 0.1) is 29.2 Å². The summed E-state index contributed by atoms with van der Waals surface area (Å²) in [6, 6.07) is 7.88. The fourth-order valence-corrected chi connectivity index (χ4v) is 3.07. The second-order valence-corrected chi connectivity index (χ2v) is 6.13. The molecule has 23 heavy (non-hydrogen) atoms. The van der Waals surface area contributed by atoms with E-state index in [1.165, 1.54) is 6.42 Å². The lowest BCUT2D eigenvalue weighted by molar-refractivity contribution is -0.117. The van der Waals surface area contributed by atoms with E-state index >= 15 is 0 Å². The van der Waals surface area contributed by atoms with E-state index in [1.807, 2.05) is 28.9 Å². The number of nitrogens with zero attached hydrogens (tertiary/aromatic N) is 4. The van der Waals surface area contributed by atoms with Gasteiger partial charge in [-0.3, -0.25) is 19.2 Å². The third-order valence-corrected chi connectivity index (χ3v) is 4.74. The monoisotopic (exact) mass is 310 g/mol. The summed E-state index contributed by atoms with van der Waals surface area (Å²) in [5.74, 6) is -0.270. The summed E-state index contributed by atoms with van der Waals surface area (Å²) in [4.78, 5) is 28.2. The fraction of sp³-hybridized carbons (Fsp3) is 0.353. The highest BCUT2D eigenvalue weighted by Crippen LogP contribution is 2.34. The van der Waals surface area contributed by atoms with Crippen LogP contribution in [-0.4, -0.2) is 35.2 Å². The van der Waals surface area contributed by atoms with Crippen molar-refractivity contribution in [1.29, 1.82) is 0 Å². The molecule has 0 spiro atoms. The summed E-state index contributed by atoms with van der Waals surface area (Å²) in [5.41, 5.74) is 2.04. The lowest BCUT2D eigenvalue weighted by Gasteiger charge is -2.33. The van der Waals surface area contributed by atoms with Crippen LogP contribution in [0.2, 0.25) is 0 Å². The average molecular weight is 310 g/mol. The van der Waals surface area contributed by atoms with Crippen molar-refractivity contribution in [1.82, 2.24) is 9.78 Å². The van der Waals surface area contributed by atoms with Gasteiger partial charge in [-0.25, -0.2) is 0 Å². The minimum absolute atomic E-state index is 0.0565. The summed E-state index contributed by atoms with van der Waals surface area (Å²) >= 11 is 0. The number of para-hydroxylation sites is 2. The number of aromatic nitrogens is 2. The Bertz CT molecular complexity index is 778. The number of hydrogen-bond donors (Lipinski definition) is 0. The van der Waals surface area contributed by atoms with Crippen LogP contribution >= 0.6 is 0 Å². The highest BCUT2D eigenvalue weighted by molar-refractivity contribution is 6.15. The molecule has 6 nitrogen and oxygen atoms in total. The molecule has 0 unspecified atom stereocenters. The molecule has 118 valence electrons. The van der Waals surface area contributed by atoms with Crippen molar-refractivity contribution in [2.24, 2.45) is 0 Å². The minimum atomic E-state index is -0.176. The summed E-state index contributed by atoms with van der Waals surface area (Å²) in [6.07, 6.45) is 6.86. The Morgan fingerprint density at radius 1 is 1.22 bits per heavy atom. The van der Waals surface area contributed by atoms with Crippen LogP contribution in [0.3, 0.4) is 0 Å². The van der Waals surface area contributed by atoms with E-state index in [-0.39, 0.29) is 18.4 Å². The van der Waals surface area contributed by atoms with E-state index in [9.17, 15) is 9.59 Å². The van der Waals surface area contributed by atoms with Crippen LogP contribution in [0.15, 0.2) is 36.7 Å². The zero-order valence-electron chi connectivity index (χ0n) is 13.0. The SMILES string of the molecule is CN1C(=O)CN(C(=O)c2cnn(C3CCC3)c2)c2ccccc21. The number of benzene rings is 1. The van der Waals surface area contributed by atoms with Crippen molar-refractivity contribution in [3.63, 3.8) is 0 Å². The van der Waals surface area contributed by atoms with Gasteiger partial charge < -0.3 is 4.90 Å². The number of rotatable bonds is 2. The molecule has 2 heterocycles. The standard InChI is InChI=1S/C17H18N4O2/c1-19-14-7-2-3-8-15(14)20(11-16(19)22)17(23)12-9-18-21(10-12)13-5-4-6-13/h2-3,7-10,13H,4-6,11H2,1H3. The van der Waals surface area contributed by atoms with Crippen LogP contribution in [0.4, 0.5) is 11.4 Å². The Labute approximate surface area is 134 Å². The number of anilines is 2. The lowest BCUT2D eigenvalue weighted by atomic mass is 9.93. The first-order chi connectivity index (χ1) is 11.1. The minimum Gasteiger partial charge on any atom is -0.312 e. The molecule has 0 bridgehead atoms. The quantitative estimate of drug-likeness (QED) is 0.854. The first-order valence-electron chi connectivity index (χ1n) is 7.87. The van der Waals surface area contributed by atoms with Gasteiger partial charge in [0.1, 0.15) is 6.54 Å². The first-order valence-corrected chi connectivity index (χ1v) is 7.87. The van der Waals surface area contributed by atoms with Gasteiger partial charge in [-0.15, -0.1) is 0 Å². The smallest absolute Gasteiger partial charge is 0.262 e. The number of amides is 2. The average Bonchev–Trinajstić information content (AvgIpc) is 2.98. The van der Waals surface area contributed by atoms with Gasteiger partial charge in [-0.1, -0.05) is 12.1 Å². The highest BCUT2D eigenvalue weighted by atomic mass is 16.2. The molecule has 4 rings (SSSR count). The van der Waals surface area contributed by atoms with E-state index in [0.717, 1.165) is 24.2 Å². The van der Waals surface area contributed by atoms with Crippen molar-refractivity contribution in [3.05, 3.63) is 42.2 Å². The maximum atomic E-state index is 12.9. The van der Waals surface area contributed by atoms with Crippen molar-refractivity contribution >= 4 is 23.2 Å². The van der Waals surface area contributed by atoms with Crippen LogP contribution in [-0.2, 0) is 4.79 Å². The van der Waals surface area contributed by atoms with Gasteiger partial charge in [-0.2, -0.15) is 5.10 Å². The molecule has 1 saturated carbocycles. The van der Waals surface area contributed by atoms with Crippen molar-refractivity contribution in [2.75, 3.05) is 23.4 Å². The van der Waals surface area contributed by atoms with Crippen LogP contribution in [0.25, 0.3) is 0 Å². The van der Waals surface area contributed by atoms with E-state index in [1.54, 1.807) is 29.2 Å². The topological polar surface area (TPSA) is 58.4 Å². The van der Waals surface area contributed by atoms with Crippen LogP contribution in [0.5, 0.6) is 0 Å². The normalized spacial score (nSPS) is 17.9. The lowest BCUT2D eigenvalue weighted by Crippen LogP contribution is -2.46. The molecular weight excluding hydrogens is 292 g/mol. The Morgan fingerprint density at radius 2 is 1.96 bits per heavy atom. The summed E-state index contributed by atoms with van der Waals surface area (Å²) < 4.78 is 1.88. The molecule has 2 aliphatic rings. The molecular formula is C17H18N4O2. The third-order valence-electron chi connectivity index (χ3n) is 4.74. The second kappa shape index (κ2) is 5.22. The first kappa shape index (κ1) is 14.0. The summed E-state index contributed by atoms with van der Waals surface area (Å²) in [5, 5.41) is 4.32. The van der Waals surface area contributed by atoms with Crippen molar-refractivity contribution < 1.29 is 9.59 Å². The maximum Gasteiger partial charge on any atom is 0.262 e. The number of likely N-dealkylation sites (N-methyl/N-ethyl adjacent to an activating group) is 1. The second-order valence-electron chi connectivity index (χ2n) is 6.13. The molecule has 1 aliphatic heterocycles. The highest BCUT2D eigenvalue weighted by Gasteiger charge is 2.31. The number of fused-ring (bicyclic) bond motifs is 1. The zero-order valence-corrected chi connectivity index (χ0v) is 13.0. The summed E-state index contributed by atoms with van der Waals surface area (Å²) in [7, 11) is 1.73. The van der Waals surface area contributed by atoms with Crippen molar-refractivity contribution in [3.8, 4) is 0 Å². The zero-order chi connectivity index (χ0) is 16.0. The molecule has 0 saturated heterocycles. The Hall–Kier alpha value is -2.63. The molecule has 1 aromatic heterocycles. The van der Waals surface area contributed by atoms with Gasteiger partial charge in [0, 0.05) is 13.2 Å². The molecule has 2 aromatic rings. The van der Waals surface area contributed by atoms with Gasteiger partial charge in [0.25, 0.3) is 5.91 Å². The molecule has 2 amide bonds. The van der Waals surface area contributed by atoms with E-state index in [4.69, 9.17) is 0 Å². The predicted molar refractivity (Wildman–Crippen MR) is 86.6 cm³/mol. The van der Waals surface area contributed by atoms with Gasteiger partial charge in [0.15, 0.2) is 0 Å². The third kappa shape index (κ3) is 2.21. The molecule has 1 fully saturated rings. The number of carbonyl (C=O) groups excluding carboxylic acids is 2. The molecule has 1 aliphatic carbocycles. The van der Waals surface area contributed by atoms with Gasteiger partial charge >= 0.3 is 0 Å². The number of hydrogen-bond acceptors (Lipinski definition) is 3. The molecule has 6 heteroatoms. The van der Waals surface area contributed by atoms with Crippen LogP contribution < -0.4 is 9.80 Å². The Morgan fingerprint density at radius 3 is 2.65 bits per heavy atom. The van der Waals surface area contributed by atoms with Crippen LogP contribution in [0, 0.1) is 0 Å². The maximum absolute atomic E-state index is 12.9. The molecule has 0 radical (unpaired) electrons. The molecule has 1 aromatic carbocycles. The molecule has 0 N–H and O–H groups in total. The Kier molecular flexibility index (Phi) is 3.18. The van der Waals surface area contributed by atoms with Crippen LogP contribution in [0.1, 0.15) is 35.7 Å². The Balaban J connectivity index is 1.66. The largest absolute Gasteiger partial charge is 0.312 e. The summed E-state index contributed by atoms with van der Waals surface area (Å²) in [6.45, 7) is 0.0565. The molecule has 0 atom stereocenters. The van der Waals surface area contributed by atoms with Crippen molar-refractivity contribution in [2.45, 2.75) is 25.3 Å². The van der Waals surface area contributed by atoms with Gasteiger partial charge in [-0.05, 0) is 31.4 Å². The van der Waals surface area contributed by atoms with E-state index in [0.29, 0.717) is 11.6 Å².